The van der Waals surface area contributed by atoms with Crippen LogP contribution >= 0.6 is 22.9 Å². The number of rotatable bonds is 5. The fourth-order valence-electron chi connectivity index (χ4n) is 2.95. The van der Waals surface area contributed by atoms with Gasteiger partial charge in [-0.05, 0) is 25.7 Å². The number of hydrogen-bond acceptors (Lipinski definition) is 7. The monoisotopic (exact) mass is 431 g/mol. The van der Waals surface area contributed by atoms with Crippen molar-refractivity contribution in [2.45, 2.75) is 39.0 Å². The fraction of sp³-hybridized carbons (Fsp3) is 0.444. The molecule has 0 radical (unpaired) electrons. The number of esters is 2. The Kier molecular flexibility index (Phi) is 7.31. The Bertz CT molecular complexity index is 863. The number of imide groups is 1. The highest BCUT2D eigenvalue weighted by molar-refractivity contribution is 7.11. The topological polar surface area (TPSA) is 90.0 Å². The number of methoxy groups -OCH3 is 2. The fourth-order valence-corrected chi connectivity index (χ4v) is 4.24. The first kappa shape index (κ1) is 22.0. The van der Waals surface area contributed by atoms with Crippen LogP contribution in [-0.2, 0) is 35.1 Å². The molecule has 2 rings (SSSR count). The minimum Gasteiger partial charge on any atom is -0.469 e. The number of carbonyl (C=O) groups is 4. The zero-order chi connectivity index (χ0) is 21.0. The molecule has 1 aliphatic carbocycles. The van der Waals surface area contributed by atoms with Gasteiger partial charge in [-0.2, -0.15) is 4.39 Å². The number of anilines is 1. The first-order chi connectivity index (χ1) is 13.2. The largest absolute Gasteiger partial charge is 0.469 e. The minimum atomic E-state index is -0.886. The third-order valence-corrected chi connectivity index (χ3v) is 5.77. The molecule has 7 nitrogen and oxygen atoms in total. The summed E-state index contributed by atoms with van der Waals surface area (Å²) in [6.07, 6.45) is 1.62. The van der Waals surface area contributed by atoms with Gasteiger partial charge < -0.3 is 9.47 Å². The molecule has 1 aromatic rings. The minimum absolute atomic E-state index is 0.101. The Balaban J connectivity index is 2.53. The summed E-state index contributed by atoms with van der Waals surface area (Å²) in [6, 6.07) is 0. The summed E-state index contributed by atoms with van der Waals surface area (Å²) < 4.78 is 23.9. The Labute approximate surface area is 170 Å². The molecule has 0 bridgehead atoms. The number of halogens is 2. The summed E-state index contributed by atoms with van der Waals surface area (Å²) in [5.74, 6) is -2.89. The predicted molar refractivity (Wildman–Crippen MR) is 101 cm³/mol. The Morgan fingerprint density at radius 1 is 1.11 bits per heavy atom. The van der Waals surface area contributed by atoms with Crippen LogP contribution < -0.4 is 4.90 Å². The van der Waals surface area contributed by atoms with Gasteiger partial charge in [-0.25, -0.2) is 9.69 Å². The molecule has 1 aliphatic rings. The van der Waals surface area contributed by atoms with E-state index in [9.17, 15) is 23.6 Å². The molecule has 10 heteroatoms. The first-order valence-electron chi connectivity index (χ1n) is 8.41. The van der Waals surface area contributed by atoms with E-state index >= 15 is 0 Å². The van der Waals surface area contributed by atoms with Crippen molar-refractivity contribution in [2.75, 3.05) is 19.1 Å². The molecule has 152 valence electrons. The van der Waals surface area contributed by atoms with E-state index in [-0.39, 0.29) is 33.9 Å². The smallest absolute Gasteiger partial charge is 0.334 e. The van der Waals surface area contributed by atoms with E-state index in [1.165, 1.54) is 14.2 Å². The summed E-state index contributed by atoms with van der Waals surface area (Å²) in [6.45, 7) is 1.09. The van der Waals surface area contributed by atoms with E-state index in [2.05, 4.69) is 4.74 Å². The van der Waals surface area contributed by atoms with Crippen LogP contribution in [0.4, 0.5) is 10.1 Å². The molecule has 0 spiro atoms. The maximum Gasteiger partial charge on any atom is 0.334 e. The molecular weight excluding hydrogens is 413 g/mol. The molecule has 1 heterocycles. The van der Waals surface area contributed by atoms with Crippen LogP contribution in [0.2, 0.25) is 5.02 Å². The number of nitrogens with zero attached hydrogens (tertiary/aromatic N) is 1. The highest BCUT2D eigenvalue weighted by Crippen LogP contribution is 2.41. The van der Waals surface area contributed by atoms with Gasteiger partial charge in [0.1, 0.15) is 5.69 Å². The quantitative estimate of drug-likeness (QED) is 0.665. The number of ether oxygens (including phenoxy) is 2. The van der Waals surface area contributed by atoms with Crippen LogP contribution in [0.5, 0.6) is 0 Å². The average Bonchev–Trinajstić information content (AvgIpc) is 2.94. The summed E-state index contributed by atoms with van der Waals surface area (Å²) >= 11 is 6.74. The third kappa shape index (κ3) is 4.41. The maximum atomic E-state index is 14.6. The van der Waals surface area contributed by atoms with Crippen LogP contribution in [0.1, 0.15) is 37.5 Å². The predicted octanol–water partition coefficient (Wildman–Crippen LogP) is 3.18. The van der Waals surface area contributed by atoms with Crippen LogP contribution in [0.25, 0.3) is 0 Å². The van der Waals surface area contributed by atoms with Crippen molar-refractivity contribution in [1.29, 1.82) is 0 Å². The molecule has 0 fully saturated rings. The lowest BCUT2D eigenvalue weighted by molar-refractivity contribution is -0.139. The molecule has 28 heavy (non-hydrogen) atoms. The molecule has 0 atom stereocenters. The number of thiophene rings is 1. The number of hydrogen-bond donors (Lipinski definition) is 0. The number of carbonyl (C=O) groups excluding carboxylic acids is 4. The highest BCUT2D eigenvalue weighted by atomic mass is 35.5. The van der Waals surface area contributed by atoms with Gasteiger partial charge in [-0.1, -0.05) is 11.6 Å². The van der Waals surface area contributed by atoms with Gasteiger partial charge in [-0.15, -0.1) is 11.3 Å². The molecular formula is C18H19ClFNO6S. The third-order valence-electron chi connectivity index (χ3n) is 4.28. The lowest BCUT2D eigenvalue weighted by Crippen LogP contribution is -2.38. The SMILES string of the molecule is COC(=O)Cc1sc(F)c(N(C(C)=O)C(=O)C2=C(C(=O)OC)CCCC2)c1Cl. The van der Waals surface area contributed by atoms with E-state index in [1.807, 2.05) is 0 Å². The molecule has 0 unspecified atom stereocenters. The standard InChI is InChI=1S/C18H19ClFNO6S/c1-9(22)21(15-14(19)12(28-16(15)20)8-13(23)26-2)17(24)10-6-4-5-7-11(10)18(25)27-3/h4-8H2,1-3H3. The lowest BCUT2D eigenvalue weighted by Gasteiger charge is -2.24. The van der Waals surface area contributed by atoms with Crippen LogP contribution in [0, 0.1) is 5.13 Å². The summed E-state index contributed by atoms with van der Waals surface area (Å²) in [7, 11) is 2.37. The Morgan fingerprint density at radius 3 is 2.25 bits per heavy atom. The highest BCUT2D eigenvalue weighted by Gasteiger charge is 2.35. The average molecular weight is 432 g/mol. The Morgan fingerprint density at radius 2 is 1.71 bits per heavy atom. The van der Waals surface area contributed by atoms with Crippen LogP contribution in [0.3, 0.4) is 0 Å². The van der Waals surface area contributed by atoms with Crippen molar-refractivity contribution in [3.05, 3.63) is 26.2 Å². The van der Waals surface area contributed by atoms with Gasteiger partial charge in [0.05, 0.1) is 25.7 Å². The van der Waals surface area contributed by atoms with Crippen LogP contribution in [0.15, 0.2) is 11.1 Å². The zero-order valence-corrected chi connectivity index (χ0v) is 17.2. The second kappa shape index (κ2) is 9.29. The molecule has 1 aromatic heterocycles. The first-order valence-corrected chi connectivity index (χ1v) is 9.61. The molecule has 0 aliphatic heterocycles. The normalized spacial score (nSPS) is 13.9. The summed E-state index contributed by atoms with van der Waals surface area (Å²) in [4.78, 5) is 49.6. The maximum absolute atomic E-state index is 14.6. The van der Waals surface area contributed by atoms with Crippen LogP contribution in [-0.4, -0.2) is 38.0 Å². The van der Waals surface area contributed by atoms with E-state index in [1.54, 1.807) is 0 Å². The second-order valence-corrected chi connectivity index (χ2v) is 7.46. The molecule has 0 aromatic carbocycles. The summed E-state index contributed by atoms with van der Waals surface area (Å²) in [5, 5.41) is -1.10. The molecule has 0 saturated carbocycles. The van der Waals surface area contributed by atoms with Gasteiger partial charge >= 0.3 is 11.9 Å². The van der Waals surface area contributed by atoms with Gasteiger partial charge in [0.25, 0.3) is 5.91 Å². The van der Waals surface area contributed by atoms with Gasteiger partial charge in [0.2, 0.25) is 11.0 Å². The van der Waals surface area contributed by atoms with Crippen molar-refractivity contribution >= 4 is 52.4 Å². The van der Waals surface area contributed by atoms with Gasteiger partial charge in [0, 0.05) is 22.9 Å². The van der Waals surface area contributed by atoms with E-state index < -0.39 is 34.6 Å². The second-order valence-electron chi connectivity index (χ2n) is 6.03. The van der Waals surface area contributed by atoms with Crippen molar-refractivity contribution < 1.29 is 33.0 Å². The molecule has 0 N–H and O–H groups in total. The van der Waals surface area contributed by atoms with Crippen molar-refractivity contribution in [1.82, 2.24) is 0 Å². The van der Waals surface area contributed by atoms with E-state index in [0.717, 1.165) is 6.92 Å². The lowest BCUT2D eigenvalue weighted by atomic mass is 9.90. The van der Waals surface area contributed by atoms with Crippen molar-refractivity contribution in [3.8, 4) is 0 Å². The molecule has 0 saturated heterocycles. The van der Waals surface area contributed by atoms with Gasteiger partial charge in [0.15, 0.2) is 0 Å². The van der Waals surface area contributed by atoms with Crippen molar-refractivity contribution in [2.24, 2.45) is 0 Å². The Hall–Kier alpha value is -2.26. The van der Waals surface area contributed by atoms with Crippen molar-refractivity contribution in [3.63, 3.8) is 0 Å². The number of amides is 2. The summed E-state index contributed by atoms with van der Waals surface area (Å²) in [5.41, 5.74) is -0.151. The molecule has 2 amide bonds. The van der Waals surface area contributed by atoms with E-state index in [4.69, 9.17) is 16.3 Å². The van der Waals surface area contributed by atoms with E-state index in [0.29, 0.717) is 35.5 Å². The zero-order valence-electron chi connectivity index (χ0n) is 15.6. The van der Waals surface area contributed by atoms with Gasteiger partial charge in [-0.3, -0.25) is 14.4 Å².